The van der Waals surface area contributed by atoms with Crippen LogP contribution in [-0.2, 0) is 10.0 Å². The molecule has 1 atom stereocenters. The quantitative estimate of drug-likeness (QED) is 0.347. The Bertz CT molecular complexity index is 1410. The van der Waals surface area contributed by atoms with Crippen molar-refractivity contribution in [2.45, 2.75) is 42.7 Å². The maximum atomic E-state index is 13.0. The zero-order valence-corrected chi connectivity index (χ0v) is 21.3. The summed E-state index contributed by atoms with van der Waals surface area (Å²) in [4.78, 5) is 18.0. The second-order valence-electron chi connectivity index (χ2n) is 8.00. The molecule has 9 heteroatoms. The lowest BCUT2D eigenvalue weighted by molar-refractivity contribution is 0.601. The SMILES string of the molecule is Cc1ccc(S(=O)(=O)Nc2nc(=O)n3c(C)c(C)sc(SC[C@H](C)c4ccccc4)c2-3)cc1. The van der Waals surface area contributed by atoms with Crippen LogP contribution in [0.1, 0.15) is 34.5 Å². The van der Waals surface area contributed by atoms with Gasteiger partial charge in [-0.25, -0.2) is 13.2 Å². The van der Waals surface area contributed by atoms with E-state index < -0.39 is 15.7 Å². The van der Waals surface area contributed by atoms with E-state index in [0.717, 1.165) is 26.1 Å². The summed E-state index contributed by atoms with van der Waals surface area (Å²) >= 11 is 3.16. The molecule has 0 radical (unpaired) electrons. The van der Waals surface area contributed by atoms with Crippen molar-refractivity contribution in [3.05, 3.63) is 86.8 Å². The van der Waals surface area contributed by atoms with Gasteiger partial charge >= 0.3 is 5.69 Å². The van der Waals surface area contributed by atoms with E-state index in [1.54, 1.807) is 47.4 Å². The average Bonchev–Trinajstić information content (AvgIpc) is 3.11. The molecule has 0 amide bonds. The van der Waals surface area contributed by atoms with Gasteiger partial charge in [0.25, 0.3) is 10.0 Å². The minimum absolute atomic E-state index is 0.0646. The van der Waals surface area contributed by atoms with Crippen molar-refractivity contribution in [2.75, 3.05) is 10.5 Å². The third-order valence-corrected chi connectivity index (χ3v) is 9.59. The third-order valence-electron chi connectivity index (χ3n) is 5.53. The molecule has 172 valence electrons. The fourth-order valence-electron chi connectivity index (χ4n) is 3.47. The maximum absolute atomic E-state index is 13.0. The lowest BCUT2D eigenvalue weighted by atomic mass is 10.0. The van der Waals surface area contributed by atoms with Crippen LogP contribution in [0.15, 0.2) is 68.5 Å². The second kappa shape index (κ2) is 9.32. The molecule has 2 aliphatic heterocycles. The highest BCUT2D eigenvalue weighted by molar-refractivity contribution is 8.01. The van der Waals surface area contributed by atoms with Crippen molar-refractivity contribution in [1.82, 2.24) is 9.55 Å². The number of imidazole rings is 1. The smallest absolute Gasteiger partial charge is 0.261 e. The summed E-state index contributed by atoms with van der Waals surface area (Å²) in [6.45, 7) is 7.85. The highest BCUT2D eigenvalue weighted by atomic mass is 32.2. The van der Waals surface area contributed by atoms with Gasteiger partial charge in [-0.3, -0.25) is 9.29 Å². The number of nitrogens with zero attached hydrogens (tertiary/aromatic N) is 2. The zero-order chi connectivity index (χ0) is 23.8. The van der Waals surface area contributed by atoms with Crippen molar-refractivity contribution in [3.63, 3.8) is 0 Å². The number of anilines is 1. The van der Waals surface area contributed by atoms with Crippen LogP contribution in [0.3, 0.4) is 0 Å². The van der Waals surface area contributed by atoms with Crippen LogP contribution in [0.25, 0.3) is 5.69 Å². The summed E-state index contributed by atoms with van der Waals surface area (Å²) in [7, 11) is -3.89. The fraction of sp³-hybridized carbons (Fsp3) is 0.250. The van der Waals surface area contributed by atoms with Gasteiger partial charge in [0.2, 0.25) is 0 Å². The number of hydrogen-bond donors (Lipinski definition) is 1. The van der Waals surface area contributed by atoms with E-state index in [2.05, 4.69) is 28.8 Å². The van der Waals surface area contributed by atoms with Gasteiger partial charge in [0.1, 0.15) is 5.69 Å². The first-order valence-corrected chi connectivity index (χ1v) is 13.8. The molecule has 6 nitrogen and oxygen atoms in total. The van der Waals surface area contributed by atoms with E-state index in [4.69, 9.17) is 0 Å². The molecule has 1 N–H and O–H groups in total. The lowest BCUT2D eigenvalue weighted by Gasteiger charge is -2.17. The molecular weight excluding hydrogens is 474 g/mol. The van der Waals surface area contributed by atoms with Gasteiger partial charge < -0.3 is 0 Å². The topological polar surface area (TPSA) is 81.1 Å². The van der Waals surface area contributed by atoms with Crippen LogP contribution >= 0.6 is 23.1 Å². The van der Waals surface area contributed by atoms with Crippen molar-refractivity contribution in [2.24, 2.45) is 0 Å². The number of sulfonamides is 1. The number of thioether (sulfide) groups is 1. The number of aromatic nitrogens is 2. The van der Waals surface area contributed by atoms with Crippen LogP contribution in [0, 0.1) is 20.8 Å². The Labute approximate surface area is 202 Å². The molecule has 0 saturated heterocycles. The molecule has 0 saturated carbocycles. The molecule has 2 heterocycles. The number of fused-ring (bicyclic) bond motifs is 1. The first-order chi connectivity index (χ1) is 15.7. The van der Waals surface area contributed by atoms with E-state index in [0.29, 0.717) is 5.69 Å². The minimum Gasteiger partial charge on any atom is -0.261 e. The van der Waals surface area contributed by atoms with E-state index in [1.807, 2.05) is 39.0 Å². The van der Waals surface area contributed by atoms with Gasteiger partial charge in [-0.1, -0.05) is 55.0 Å². The molecule has 0 bridgehead atoms. The number of nitrogens with one attached hydrogen (secondary N) is 1. The summed E-state index contributed by atoms with van der Waals surface area (Å²) in [6.07, 6.45) is 0. The summed E-state index contributed by atoms with van der Waals surface area (Å²) in [5.74, 6) is 1.13. The Morgan fingerprint density at radius 2 is 1.73 bits per heavy atom. The van der Waals surface area contributed by atoms with Crippen LogP contribution in [0.5, 0.6) is 0 Å². The van der Waals surface area contributed by atoms with Crippen LogP contribution < -0.4 is 10.4 Å². The molecule has 33 heavy (non-hydrogen) atoms. The maximum Gasteiger partial charge on any atom is 0.354 e. The van der Waals surface area contributed by atoms with E-state index in [-0.39, 0.29) is 16.6 Å². The third kappa shape index (κ3) is 4.85. The summed E-state index contributed by atoms with van der Waals surface area (Å²) in [6, 6.07) is 16.8. The Morgan fingerprint density at radius 3 is 2.39 bits per heavy atom. The van der Waals surface area contributed by atoms with Gasteiger partial charge in [0.05, 0.1) is 9.10 Å². The largest absolute Gasteiger partial charge is 0.354 e. The van der Waals surface area contributed by atoms with E-state index in [1.165, 1.54) is 10.1 Å². The normalized spacial score (nSPS) is 12.7. The molecular formula is C24H25N3O3S3. The summed E-state index contributed by atoms with van der Waals surface area (Å²) in [5, 5.41) is 0. The van der Waals surface area contributed by atoms with Gasteiger partial charge in [0.15, 0.2) is 5.82 Å². The number of aryl methyl sites for hydroxylation is 2. The van der Waals surface area contributed by atoms with Gasteiger partial charge in [-0.2, -0.15) is 4.98 Å². The van der Waals surface area contributed by atoms with Gasteiger partial charge in [-0.05, 0) is 44.4 Å². The van der Waals surface area contributed by atoms with Crippen molar-refractivity contribution >= 4 is 38.9 Å². The minimum atomic E-state index is -3.89. The predicted octanol–water partition coefficient (Wildman–Crippen LogP) is 5.35. The Balaban J connectivity index is 1.72. The van der Waals surface area contributed by atoms with Crippen molar-refractivity contribution in [3.8, 4) is 5.69 Å². The molecule has 0 aromatic heterocycles. The Hall–Kier alpha value is -2.62. The number of rotatable bonds is 7. The average molecular weight is 500 g/mol. The first-order valence-electron chi connectivity index (χ1n) is 10.5. The van der Waals surface area contributed by atoms with Crippen molar-refractivity contribution < 1.29 is 8.42 Å². The van der Waals surface area contributed by atoms with Crippen LogP contribution in [-0.4, -0.2) is 23.7 Å². The molecule has 2 aromatic carbocycles. The summed E-state index contributed by atoms with van der Waals surface area (Å²) in [5.41, 5.74) is 2.97. The number of benzene rings is 2. The van der Waals surface area contributed by atoms with E-state index in [9.17, 15) is 13.2 Å². The van der Waals surface area contributed by atoms with Crippen molar-refractivity contribution in [1.29, 1.82) is 0 Å². The molecule has 0 fully saturated rings. The Morgan fingerprint density at radius 1 is 1.06 bits per heavy atom. The summed E-state index contributed by atoms with van der Waals surface area (Å²) < 4.78 is 31.0. The van der Waals surface area contributed by atoms with Crippen LogP contribution in [0.2, 0.25) is 0 Å². The molecule has 0 spiro atoms. The highest BCUT2D eigenvalue weighted by Gasteiger charge is 2.27. The molecule has 4 rings (SSSR count). The highest BCUT2D eigenvalue weighted by Crippen LogP contribution is 2.40. The molecule has 0 aliphatic carbocycles. The molecule has 0 unspecified atom stereocenters. The second-order valence-corrected chi connectivity index (χ2v) is 12.2. The van der Waals surface area contributed by atoms with Gasteiger partial charge in [-0.15, -0.1) is 23.1 Å². The zero-order valence-electron chi connectivity index (χ0n) is 18.8. The predicted molar refractivity (Wildman–Crippen MR) is 136 cm³/mol. The standard InChI is InChI=1S/C24H25N3O3S3/c1-15-10-12-20(13-11-15)33(29,30)26-22-21-23(31-14-16(2)19-8-6-5-7-9-19)32-18(4)17(3)27(21)24(28)25-22/h5-13,16H,14H2,1-4H3,(H,25,26,28)/t16-/m0/s1. The van der Waals surface area contributed by atoms with Gasteiger partial charge in [0, 0.05) is 16.3 Å². The fourth-order valence-corrected chi connectivity index (χ4v) is 7.01. The van der Waals surface area contributed by atoms with E-state index >= 15 is 0 Å². The Kier molecular flexibility index (Phi) is 6.65. The lowest BCUT2D eigenvalue weighted by Crippen LogP contribution is -2.17. The molecule has 2 aliphatic rings. The number of hydrogen-bond acceptors (Lipinski definition) is 6. The molecule has 2 aromatic rings. The van der Waals surface area contributed by atoms with Crippen LogP contribution in [0.4, 0.5) is 5.82 Å². The first kappa shape index (κ1) is 23.5. The monoisotopic (exact) mass is 499 g/mol.